The van der Waals surface area contributed by atoms with E-state index in [0.717, 1.165) is 19.4 Å². The molecule has 0 saturated carbocycles. The third-order valence-electron chi connectivity index (χ3n) is 3.91. The SMILES string of the molecule is Cc1ccc(C(OC2CCCCO2)c2ccccc2)cc1. The maximum atomic E-state index is 6.28. The molecule has 2 aromatic carbocycles. The number of benzene rings is 2. The standard InChI is InChI=1S/C19H22O2/c1-15-10-12-17(13-11-15)19(16-7-3-2-4-8-16)21-18-9-5-6-14-20-18/h2-4,7-8,10-13,18-19H,5-6,9,14H2,1H3. The number of aryl methyl sites for hydroxylation is 1. The molecule has 110 valence electrons. The lowest BCUT2D eigenvalue weighted by Crippen LogP contribution is -2.25. The highest BCUT2D eigenvalue weighted by Crippen LogP contribution is 2.30. The molecule has 0 N–H and O–H groups in total. The normalized spacial score (nSPS) is 20.1. The second-order valence-corrected chi connectivity index (χ2v) is 5.63. The van der Waals surface area contributed by atoms with Gasteiger partial charge in [0, 0.05) is 6.61 Å². The maximum absolute atomic E-state index is 6.28. The zero-order valence-corrected chi connectivity index (χ0v) is 12.5. The van der Waals surface area contributed by atoms with Crippen LogP contribution in [0.15, 0.2) is 54.6 Å². The van der Waals surface area contributed by atoms with Crippen LogP contribution in [0.4, 0.5) is 0 Å². The summed E-state index contributed by atoms with van der Waals surface area (Å²) in [5.41, 5.74) is 3.62. The van der Waals surface area contributed by atoms with Gasteiger partial charge in [-0.25, -0.2) is 0 Å². The van der Waals surface area contributed by atoms with E-state index >= 15 is 0 Å². The average Bonchev–Trinajstić information content (AvgIpc) is 2.55. The average molecular weight is 282 g/mol. The Bertz CT molecular complexity index is 542. The zero-order valence-electron chi connectivity index (χ0n) is 12.5. The summed E-state index contributed by atoms with van der Waals surface area (Å²) < 4.78 is 12.0. The van der Waals surface area contributed by atoms with Crippen molar-refractivity contribution in [1.29, 1.82) is 0 Å². The Balaban J connectivity index is 1.85. The highest BCUT2D eigenvalue weighted by atomic mass is 16.7. The molecule has 2 aromatic rings. The van der Waals surface area contributed by atoms with Gasteiger partial charge in [-0.3, -0.25) is 0 Å². The van der Waals surface area contributed by atoms with E-state index < -0.39 is 0 Å². The summed E-state index contributed by atoms with van der Waals surface area (Å²) in [6.45, 7) is 2.91. The molecule has 21 heavy (non-hydrogen) atoms. The van der Waals surface area contributed by atoms with Gasteiger partial charge in [-0.05, 0) is 37.3 Å². The molecule has 1 fully saturated rings. The Morgan fingerprint density at radius 2 is 1.67 bits per heavy atom. The van der Waals surface area contributed by atoms with Crippen molar-refractivity contribution in [3.63, 3.8) is 0 Å². The molecule has 0 aromatic heterocycles. The van der Waals surface area contributed by atoms with E-state index in [2.05, 4.69) is 55.5 Å². The summed E-state index contributed by atoms with van der Waals surface area (Å²) in [5, 5.41) is 0. The summed E-state index contributed by atoms with van der Waals surface area (Å²) >= 11 is 0. The Kier molecular flexibility index (Phi) is 4.69. The minimum Gasteiger partial charge on any atom is -0.353 e. The van der Waals surface area contributed by atoms with Gasteiger partial charge in [0.2, 0.25) is 0 Å². The van der Waals surface area contributed by atoms with E-state index in [1.807, 2.05) is 6.07 Å². The lowest BCUT2D eigenvalue weighted by Gasteiger charge is -2.28. The van der Waals surface area contributed by atoms with Crippen LogP contribution in [0.5, 0.6) is 0 Å². The Labute approximate surface area is 126 Å². The topological polar surface area (TPSA) is 18.5 Å². The van der Waals surface area contributed by atoms with Crippen LogP contribution < -0.4 is 0 Å². The van der Waals surface area contributed by atoms with Gasteiger partial charge in [0.1, 0.15) is 6.10 Å². The molecule has 0 spiro atoms. The second kappa shape index (κ2) is 6.88. The summed E-state index contributed by atoms with van der Waals surface area (Å²) in [5.74, 6) is 0. The van der Waals surface area contributed by atoms with Crippen LogP contribution >= 0.6 is 0 Å². The smallest absolute Gasteiger partial charge is 0.158 e. The highest BCUT2D eigenvalue weighted by molar-refractivity contribution is 5.31. The van der Waals surface area contributed by atoms with Crippen LogP contribution in [0, 0.1) is 6.92 Å². The van der Waals surface area contributed by atoms with E-state index in [4.69, 9.17) is 9.47 Å². The second-order valence-electron chi connectivity index (χ2n) is 5.63. The van der Waals surface area contributed by atoms with Crippen LogP contribution in [0.2, 0.25) is 0 Å². The van der Waals surface area contributed by atoms with Crippen molar-refractivity contribution in [2.45, 2.75) is 38.6 Å². The van der Waals surface area contributed by atoms with Crippen LogP contribution in [-0.2, 0) is 9.47 Å². The predicted molar refractivity (Wildman–Crippen MR) is 84.1 cm³/mol. The molecule has 2 atom stereocenters. The van der Waals surface area contributed by atoms with Gasteiger partial charge < -0.3 is 9.47 Å². The summed E-state index contributed by atoms with van der Waals surface area (Å²) in [7, 11) is 0. The highest BCUT2D eigenvalue weighted by Gasteiger charge is 2.22. The van der Waals surface area contributed by atoms with Gasteiger partial charge >= 0.3 is 0 Å². The largest absolute Gasteiger partial charge is 0.353 e. The molecule has 1 heterocycles. The minimum absolute atomic E-state index is 0.0603. The molecular formula is C19H22O2. The number of hydrogen-bond donors (Lipinski definition) is 0. The fourth-order valence-electron chi connectivity index (χ4n) is 2.69. The first-order valence-corrected chi connectivity index (χ1v) is 7.71. The first-order valence-electron chi connectivity index (χ1n) is 7.71. The summed E-state index contributed by atoms with van der Waals surface area (Å²) in [4.78, 5) is 0. The monoisotopic (exact) mass is 282 g/mol. The van der Waals surface area contributed by atoms with Crippen LogP contribution in [-0.4, -0.2) is 12.9 Å². The third kappa shape index (κ3) is 3.72. The van der Waals surface area contributed by atoms with Crippen LogP contribution in [0.25, 0.3) is 0 Å². The lowest BCUT2D eigenvalue weighted by atomic mass is 10.00. The summed E-state index contributed by atoms with van der Waals surface area (Å²) in [6.07, 6.45) is 3.15. The molecule has 0 bridgehead atoms. The minimum atomic E-state index is -0.0924. The Hall–Kier alpha value is -1.64. The van der Waals surface area contributed by atoms with Crippen molar-refractivity contribution in [3.8, 4) is 0 Å². The molecule has 3 rings (SSSR count). The van der Waals surface area contributed by atoms with Crippen molar-refractivity contribution < 1.29 is 9.47 Å². The van der Waals surface area contributed by atoms with Crippen LogP contribution in [0.3, 0.4) is 0 Å². The van der Waals surface area contributed by atoms with Crippen molar-refractivity contribution in [3.05, 3.63) is 71.3 Å². The first-order chi connectivity index (χ1) is 10.3. The number of hydrogen-bond acceptors (Lipinski definition) is 2. The first kappa shape index (κ1) is 14.3. The summed E-state index contributed by atoms with van der Waals surface area (Å²) in [6, 6.07) is 19.0. The zero-order chi connectivity index (χ0) is 14.5. The number of rotatable bonds is 4. The van der Waals surface area contributed by atoms with Gasteiger partial charge in [0.15, 0.2) is 6.29 Å². The van der Waals surface area contributed by atoms with E-state index in [9.17, 15) is 0 Å². The molecule has 0 aliphatic carbocycles. The van der Waals surface area contributed by atoms with E-state index in [1.165, 1.54) is 23.1 Å². The van der Waals surface area contributed by atoms with Crippen LogP contribution in [0.1, 0.15) is 42.1 Å². The third-order valence-corrected chi connectivity index (χ3v) is 3.91. The molecule has 2 heteroatoms. The van der Waals surface area contributed by atoms with Gasteiger partial charge in [-0.1, -0.05) is 60.2 Å². The van der Waals surface area contributed by atoms with Gasteiger partial charge in [0.05, 0.1) is 0 Å². The maximum Gasteiger partial charge on any atom is 0.158 e. The Morgan fingerprint density at radius 1 is 0.952 bits per heavy atom. The van der Waals surface area contributed by atoms with Gasteiger partial charge in [-0.15, -0.1) is 0 Å². The fourth-order valence-corrected chi connectivity index (χ4v) is 2.69. The van der Waals surface area contributed by atoms with Gasteiger partial charge in [-0.2, -0.15) is 0 Å². The van der Waals surface area contributed by atoms with Gasteiger partial charge in [0.25, 0.3) is 0 Å². The van der Waals surface area contributed by atoms with Crippen molar-refractivity contribution in [2.75, 3.05) is 6.61 Å². The Morgan fingerprint density at radius 3 is 2.33 bits per heavy atom. The lowest BCUT2D eigenvalue weighted by molar-refractivity contribution is -0.181. The molecular weight excluding hydrogens is 260 g/mol. The van der Waals surface area contributed by atoms with E-state index in [0.29, 0.717) is 0 Å². The quantitative estimate of drug-likeness (QED) is 0.814. The number of ether oxygens (including phenoxy) is 2. The molecule has 0 amide bonds. The molecule has 2 unspecified atom stereocenters. The fraction of sp³-hybridized carbons (Fsp3) is 0.368. The molecule has 2 nitrogen and oxygen atoms in total. The molecule has 1 aliphatic heterocycles. The van der Waals surface area contributed by atoms with Crippen molar-refractivity contribution >= 4 is 0 Å². The van der Waals surface area contributed by atoms with Crippen molar-refractivity contribution in [1.82, 2.24) is 0 Å². The molecule has 1 aliphatic rings. The van der Waals surface area contributed by atoms with E-state index in [-0.39, 0.29) is 12.4 Å². The molecule has 1 saturated heterocycles. The predicted octanol–water partition coefficient (Wildman–Crippen LogP) is 4.63. The van der Waals surface area contributed by atoms with Crippen molar-refractivity contribution in [2.24, 2.45) is 0 Å². The van der Waals surface area contributed by atoms with E-state index in [1.54, 1.807) is 0 Å². The molecule has 0 radical (unpaired) electrons.